The van der Waals surface area contributed by atoms with Crippen molar-refractivity contribution in [1.29, 1.82) is 0 Å². The maximum atomic E-state index is 13.9. The van der Waals surface area contributed by atoms with Gasteiger partial charge >= 0.3 is 17.9 Å². The van der Waals surface area contributed by atoms with Gasteiger partial charge in [-0.3, -0.25) is 34.0 Å². The number of esters is 2. The lowest BCUT2D eigenvalue weighted by molar-refractivity contribution is -0.141. The van der Waals surface area contributed by atoms with Gasteiger partial charge in [-0.05, 0) is 136 Å². The zero-order valence-electron chi connectivity index (χ0n) is 46.4. The van der Waals surface area contributed by atoms with E-state index in [9.17, 15) is 33.9 Å². The number of carbonyl (C=O) groups excluding carboxylic acids is 5. The highest BCUT2D eigenvalue weighted by atomic mass is 35.5. The Kier molecular flexibility index (Phi) is 24.4. The predicted octanol–water partition coefficient (Wildman–Crippen LogP) is 12.8. The van der Waals surface area contributed by atoms with E-state index in [2.05, 4.69) is 56.3 Å². The molecular weight excluding hydrogens is 1100 g/mol. The summed E-state index contributed by atoms with van der Waals surface area (Å²) in [5.41, 5.74) is 7.77. The van der Waals surface area contributed by atoms with Gasteiger partial charge in [0.05, 0.1) is 44.7 Å². The molecular formula is C58H73Cl5N6O9. The fraction of sp³-hybridized carbons (Fsp3) is 0.448. The first-order valence-electron chi connectivity index (χ1n) is 25.2. The minimum atomic E-state index is -0.983. The Morgan fingerprint density at radius 3 is 1.27 bits per heavy atom. The fourth-order valence-corrected chi connectivity index (χ4v) is 9.77. The molecule has 2 heterocycles. The summed E-state index contributed by atoms with van der Waals surface area (Å²) in [6.45, 7) is 21.2. The number of nitrogens with two attached hydrogens (primary N) is 1. The van der Waals surface area contributed by atoms with Gasteiger partial charge in [0.15, 0.2) is 0 Å². The molecule has 0 saturated carbocycles. The van der Waals surface area contributed by atoms with Crippen LogP contribution in [0.4, 0.5) is 0 Å². The van der Waals surface area contributed by atoms with Crippen molar-refractivity contribution in [3.8, 4) is 0 Å². The Morgan fingerprint density at radius 1 is 0.615 bits per heavy atom. The molecule has 2 atom stereocenters. The number of carbonyl (C=O) groups is 6. The minimum Gasteiger partial charge on any atom is -0.478 e. The average molecular weight is 1180 g/mol. The molecule has 0 spiro atoms. The van der Waals surface area contributed by atoms with Gasteiger partial charge in [0, 0.05) is 49.9 Å². The van der Waals surface area contributed by atoms with Crippen molar-refractivity contribution in [3.63, 3.8) is 0 Å². The molecule has 4 aromatic carbocycles. The smallest absolute Gasteiger partial charge is 0.335 e. The van der Waals surface area contributed by atoms with Crippen molar-refractivity contribution >= 4 is 106 Å². The van der Waals surface area contributed by atoms with Crippen LogP contribution < -0.4 is 11.1 Å². The number of nitrogens with zero attached hydrogens (tertiary/aromatic N) is 4. The van der Waals surface area contributed by atoms with Crippen molar-refractivity contribution < 1.29 is 43.3 Å². The van der Waals surface area contributed by atoms with E-state index in [0.717, 1.165) is 24.0 Å². The number of carboxylic acids is 1. The van der Waals surface area contributed by atoms with E-state index in [4.69, 9.17) is 62.1 Å². The largest absolute Gasteiger partial charge is 0.478 e. The van der Waals surface area contributed by atoms with Gasteiger partial charge in [-0.25, -0.2) is 4.79 Å². The van der Waals surface area contributed by atoms with E-state index >= 15 is 0 Å². The van der Waals surface area contributed by atoms with Crippen molar-refractivity contribution in [1.82, 2.24) is 15.1 Å². The van der Waals surface area contributed by atoms with Gasteiger partial charge in [0.25, 0.3) is 17.7 Å². The fourth-order valence-electron chi connectivity index (χ4n) is 8.71. The standard InChI is InChI=1S/C29H35Cl2N3O4.C25H28Cl2N2O3.C4H9NO2.ClH/c1-28(2,3)13-11-23(18-7-9-19(10-8-18)26(36)32-14-12-24(35)38-6)34-27(37)25(33-29(34,4)5)20-15-21(30)17-22(31)16-20;1-24(2,3)11-10-20(15-6-8-16(9-7-15)23(31)32)29-22(30)21(28-25(29,4)5)17-12-18(26)14-19(27)13-17;1-7-4(6)2-3-5;/h7-10,15-17,23H,11-14H2,1-6H3,(H,32,36);6-9,12-14,20H,10-11H2,1-5H3,(H,31,32);2-3,5H2,1H3;1H/t23-;20-;;/m11../s1. The van der Waals surface area contributed by atoms with Crippen LogP contribution in [0.15, 0.2) is 94.9 Å². The number of benzene rings is 4. The molecule has 2 aliphatic rings. The van der Waals surface area contributed by atoms with Gasteiger partial charge in [0.1, 0.15) is 22.7 Å². The lowest BCUT2D eigenvalue weighted by atomic mass is 9.86. The zero-order chi connectivity index (χ0) is 57.8. The number of nitrogens with one attached hydrogen (secondary N) is 1. The third-order valence-corrected chi connectivity index (χ3v) is 13.4. The topological polar surface area (TPSA) is 210 Å². The van der Waals surface area contributed by atoms with Crippen LogP contribution in [0.3, 0.4) is 0 Å². The molecule has 0 unspecified atom stereocenters. The highest BCUT2D eigenvalue weighted by molar-refractivity contribution is 6.48. The third-order valence-electron chi connectivity index (χ3n) is 12.5. The van der Waals surface area contributed by atoms with E-state index < -0.39 is 17.3 Å². The number of methoxy groups -OCH3 is 2. The lowest BCUT2D eigenvalue weighted by Gasteiger charge is -2.38. The Bertz CT molecular complexity index is 2800. The summed E-state index contributed by atoms with van der Waals surface area (Å²) in [5, 5.41) is 13.7. The normalized spacial score (nSPS) is 15.3. The summed E-state index contributed by atoms with van der Waals surface area (Å²) in [4.78, 5) is 86.0. The molecule has 0 saturated heterocycles. The molecule has 4 N–H and O–H groups in total. The molecule has 78 heavy (non-hydrogen) atoms. The molecule has 0 aromatic heterocycles. The minimum absolute atomic E-state index is 0. The first kappa shape index (κ1) is 66.7. The van der Waals surface area contributed by atoms with Crippen LogP contribution in [-0.2, 0) is 28.7 Å². The number of carboxylic acid groups (broad SMARTS) is 1. The van der Waals surface area contributed by atoms with Crippen LogP contribution in [0.5, 0.6) is 0 Å². The van der Waals surface area contributed by atoms with Gasteiger partial charge in [-0.2, -0.15) is 0 Å². The number of amides is 3. The zero-order valence-corrected chi connectivity index (χ0v) is 50.2. The molecule has 2 aliphatic heterocycles. The maximum absolute atomic E-state index is 13.9. The molecule has 6 rings (SSSR count). The summed E-state index contributed by atoms with van der Waals surface area (Å²) in [6, 6.07) is 23.4. The highest BCUT2D eigenvalue weighted by Gasteiger charge is 2.46. The van der Waals surface area contributed by atoms with Crippen molar-refractivity contribution in [2.75, 3.05) is 27.3 Å². The Morgan fingerprint density at radius 2 is 0.962 bits per heavy atom. The number of aromatic carboxylic acids is 1. The van der Waals surface area contributed by atoms with Crippen molar-refractivity contribution in [3.05, 3.63) is 138 Å². The maximum Gasteiger partial charge on any atom is 0.335 e. The second-order valence-corrected chi connectivity index (χ2v) is 23.8. The number of aliphatic imine (C=N–C) groups is 2. The molecule has 0 aliphatic carbocycles. The average Bonchev–Trinajstić information content (AvgIpc) is 3.73. The summed E-state index contributed by atoms with van der Waals surface area (Å²) in [5.74, 6) is -2.30. The molecule has 424 valence electrons. The van der Waals surface area contributed by atoms with Crippen LogP contribution in [-0.4, -0.2) is 101 Å². The number of hydrogen-bond acceptors (Lipinski definition) is 11. The van der Waals surface area contributed by atoms with Gasteiger partial charge in [-0.1, -0.05) is 112 Å². The van der Waals surface area contributed by atoms with Gasteiger partial charge in [0.2, 0.25) is 0 Å². The Hall–Kier alpha value is -5.55. The number of halogens is 5. The summed E-state index contributed by atoms with van der Waals surface area (Å²) < 4.78 is 8.87. The summed E-state index contributed by atoms with van der Waals surface area (Å²) in [6.07, 6.45) is 3.58. The lowest BCUT2D eigenvalue weighted by Crippen LogP contribution is -2.45. The van der Waals surface area contributed by atoms with E-state index in [1.807, 2.05) is 44.7 Å². The predicted molar refractivity (Wildman–Crippen MR) is 312 cm³/mol. The molecule has 20 heteroatoms. The Balaban J connectivity index is 0.000000365. The first-order chi connectivity index (χ1) is 35.8. The van der Waals surface area contributed by atoms with E-state index in [1.165, 1.54) is 14.2 Å². The van der Waals surface area contributed by atoms with Crippen LogP contribution in [0.2, 0.25) is 20.1 Å². The van der Waals surface area contributed by atoms with Crippen LogP contribution >= 0.6 is 58.8 Å². The molecule has 0 bridgehead atoms. The van der Waals surface area contributed by atoms with E-state index in [0.29, 0.717) is 74.0 Å². The van der Waals surface area contributed by atoms with Gasteiger partial charge < -0.3 is 35.4 Å². The second-order valence-electron chi connectivity index (χ2n) is 22.1. The quantitative estimate of drug-likeness (QED) is 0.0852. The van der Waals surface area contributed by atoms with Crippen LogP contribution in [0, 0.1) is 10.8 Å². The first-order valence-corrected chi connectivity index (χ1v) is 26.7. The monoisotopic (exact) mass is 1170 g/mol. The van der Waals surface area contributed by atoms with Crippen LogP contribution in [0.25, 0.3) is 0 Å². The molecule has 4 aromatic rings. The van der Waals surface area contributed by atoms with Gasteiger partial charge in [-0.15, -0.1) is 12.4 Å². The van der Waals surface area contributed by atoms with E-state index in [1.54, 1.807) is 77.7 Å². The van der Waals surface area contributed by atoms with Crippen molar-refractivity contribution in [2.24, 2.45) is 26.5 Å². The van der Waals surface area contributed by atoms with Crippen LogP contribution in [0.1, 0.15) is 163 Å². The number of hydrogen-bond donors (Lipinski definition) is 3. The third kappa shape index (κ3) is 19.1. The Labute approximate surface area is 485 Å². The number of ether oxygens (including phenoxy) is 2. The van der Waals surface area contributed by atoms with E-state index in [-0.39, 0.29) is 83.5 Å². The SMILES string of the molecule is CC(C)(C)CC[C@H](c1ccc(C(=O)O)cc1)N1C(=O)C(c2cc(Cl)cc(Cl)c2)=NC1(C)C.COC(=O)CCN.COC(=O)CCNC(=O)c1ccc([C@@H](CCC(C)(C)C)N2C(=O)C(c3cc(Cl)cc(Cl)c3)=NC2(C)C)cc1.Cl. The second kappa shape index (κ2) is 28.5. The molecule has 0 radical (unpaired) electrons. The number of rotatable bonds is 17. The molecule has 3 amide bonds. The summed E-state index contributed by atoms with van der Waals surface area (Å²) in [7, 11) is 2.65. The highest BCUT2D eigenvalue weighted by Crippen LogP contribution is 2.42. The van der Waals surface area contributed by atoms with Crippen molar-refractivity contribution in [2.45, 2.75) is 131 Å². The summed E-state index contributed by atoms with van der Waals surface area (Å²) >= 11 is 24.8. The molecule has 15 nitrogen and oxygen atoms in total. The molecule has 0 fully saturated rings.